The fourth-order valence-electron chi connectivity index (χ4n) is 1.19. The monoisotopic (exact) mass is 267 g/mol. The van der Waals surface area contributed by atoms with Crippen molar-refractivity contribution >= 4 is 33.2 Å². The minimum Gasteiger partial charge on any atom is -0.211 e. The molecule has 3 nitrogen and oxygen atoms in total. The fraction of sp³-hybridized carbons (Fsp3) is 0.333. The Labute approximate surface area is 99.4 Å². The number of rotatable bonds is 3. The van der Waals surface area contributed by atoms with Crippen LogP contribution in [0.3, 0.4) is 0 Å². The standard InChI is InChI=1S/C9H11Cl2NO2S/c1-3-12-15(13,14)9-5-8(11)7(10)4-6(9)2/h4-5,12H,3H2,1-2H3. The van der Waals surface area contributed by atoms with Crippen LogP contribution in [0, 0.1) is 6.92 Å². The van der Waals surface area contributed by atoms with Crippen LogP contribution < -0.4 is 4.72 Å². The smallest absolute Gasteiger partial charge is 0.211 e. The van der Waals surface area contributed by atoms with Crippen molar-refractivity contribution in [2.45, 2.75) is 18.7 Å². The van der Waals surface area contributed by atoms with Gasteiger partial charge >= 0.3 is 0 Å². The number of benzene rings is 1. The van der Waals surface area contributed by atoms with Crippen LogP contribution in [0.1, 0.15) is 12.5 Å². The highest BCUT2D eigenvalue weighted by atomic mass is 35.5. The van der Waals surface area contributed by atoms with E-state index in [1.807, 2.05) is 0 Å². The molecule has 0 radical (unpaired) electrons. The molecule has 0 aromatic heterocycles. The number of hydrogen-bond donors (Lipinski definition) is 1. The summed E-state index contributed by atoms with van der Waals surface area (Å²) in [5.74, 6) is 0. The molecule has 0 unspecified atom stereocenters. The Bertz CT molecular complexity index is 471. The minimum absolute atomic E-state index is 0.166. The largest absolute Gasteiger partial charge is 0.240 e. The van der Waals surface area contributed by atoms with Gasteiger partial charge in [-0.05, 0) is 24.6 Å². The topological polar surface area (TPSA) is 46.2 Å². The Morgan fingerprint density at radius 2 is 1.80 bits per heavy atom. The van der Waals surface area contributed by atoms with Gasteiger partial charge in [-0.2, -0.15) is 0 Å². The molecule has 6 heteroatoms. The van der Waals surface area contributed by atoms with E-state index in [1.165, 1.54) is 12.1 Å². The number of aryl methyl sites for hydroxylation is 1. The van der Waals surface area contributed by atoms with E-state index in [9.17, 15) is 8.42 Å². The number of nitrogens with one attached hydrogen (secondary N) is 1. The maximum atomic E-state index is 11.7. The highest BCUT2D eigenvalue weighted by Gasteiger charge is 2.17. The lowest BCUT2D eigenvalue weighted by Gasteiger charge is -2.09. The van der Waals surface area contributed by atoms with E-state index in [2.05, 4.69) is 4.72 Å². The van der Waals surface area contributed by atoms with Crippen LogP contribution in [-0.4, -0.2) is 15.0 Å². The summed E-state index contributed by atoms with van der Waals surface area (Å²) < 4.78 is 25.8. The Morgan fingerprint density at radius 1 is 1.27 bits per heavy atom. The Hall–Kier alpha value is -0.290. The maximum absolute atomic E-state index is 11.7. The van der Waals surface area contributed by atoms with Crippen molar-refractivity contribution in [3.63, 3.8) is 0 Å². The molecular weight excluding hydrogens is 257 g/mol. The Kier molecular flexibility index (Phi) is 4.00. The SMILES string of the molecule is CCNS(=O)(=O)c1cc(Cl)c(Cl)cc1C. The average Bonchev–Trinajstić information content (AvgIpc) is 2.11. The second kappa shape index (κ2) is 4.70. The minimum atomic E-state index is -3.47. The summed E-state index contributed by atoms with van der Waals surface area (Å²) in [7, 11) is -3.47. The van der Waals surface area contributed by atoms with Crippen LogP contribution in [0.15, 0.2) is 17.0 Å². The van der Waals surface area contributed by atoms with Crippen molar-refractivity contribution < 1.29 is 8.42 Å². The Morgan fingerprint density at radius 3 is 2.33 bits per heavy atom. The molecule has 1 aromatic carbocycles. The van der Waals surface area contributed by atoms with Gasteiger partial charge in [0.25, 0.3) is 0 Å². The maximum Gasteiger partial charge on any atom is 0.240 e. The first-order valence-electron chi connectivity index (χ1n) is 4.33. The molecule has 1 N–H and O–H groups in total. The van der Waals surface area contributed by atoms with Gasteiger partial charge in [-0.25, -0.2) is 13.1 Å². The van der Waals surface area contributed by atoms with Crippen molar-refractivity contribution in [3.8, 4) is 0 Å². The number of hydrogen-bond acceptors (Lipinski definition) is 2. The fourth-order valence-corrected chi connectivity index (χ4v) is 2.92. The van der Waals surface area contributed by atoms with Gasteiger partial charge in [0.05, 0.1) is 14.9 Å². The van der Waals surface area contributed by atoms with Crippen LogP contribution in [-0.2, 0) is 10.0 Å². The Balaban J connectivity index is 3.33. The van der Waals surface area contributed by atoms with Crippen molar-refractivity contribution in [1.82, 2.24) is 4.72 Å². The molecule has 84 valence electrons. The molecule has 0 heterocycles. The van der Waals surface area contributed by atoms with Gasteiger partial charge in [-0.15, -0.1) is 0 Å². The van der Waals surface area contributed by atoms with Crippen molar-refractivity contribution in [3.05, 3.63) is 27.7 Å². The molecule has 0 amide bonds. The van der Waals surface area contributed by atoms with E-state index in [1.54, 1.807) is 13.8 Å². The summed E-state index contributed by atoms with van der Waals surface area (Å²) >= 11 is 11.5. The van der Waals surface area contributed by atoms with E-state index in [4.69, 9.17) is 23.2 Å². The summed E-state index contributed by atoms with van der Waals surface area (Å²) in [6, 6.07) is 2.89. The second-order valence-electron chi connectivity index (χ2n) is 3.03. The lowest BCUT2D eigenvalue weighted by molar-refractivity contribution is 0.583. The lowest BCUT2D eigenvalue weighted by Crippen LogP contribution is -2.23. The molecule has 15 heavy (non-hydrogen) atoms. The van der Waals surface area contributed by atoms with Gasteiger partial charge in [0.1, 0.15) is 0 Å². The molecule has 0 aliphatic carbocycles. The quantitative estimate of drug-likeness (QED) is 0.915. The summed E-state index contributed by atoms with van der Waals surface area (Å²) in [4.78, 5) is 0.166. The summed E-state index contributed by atoms with van der Waals surface area (Å²) in [5.41, 5.74) is 0.574. The number of halogens is 2. The molecule has 0 aliphatic heterocycles. The molecule has 0 fully saturated rings. The van der Waals surface area contributed by atoms with Crippen molar-refractivity contribution in [1.29, 1.82) is 0 Å². The predicted octanol–water partition coefficient (Wildman–Crippen LogP) is 2.60. The van der Waals surface area contributed by atoms with E-state index in [0.29, 0.717) is 17.1 Å². The summed E-state index contributed by atoms with van der Waals surface area (Å²) in [6.07, 6.45) is 0. The van der Waals surface area contributed by atoms with E-state index in [0.717, 1.165) is 0 Å². The molecule has 0 saturated carbocycles. The van der Waals surface area contributed by atoms with Gasteiger partial charge < -0.3 is 0 Å². The van der Waals surface area contributed by atoms with Gasteiger partial charge in [0.15, 0.2) is 0 Å². The van der Waals surface area contributed by atoms with Gasteiger partial charge in [-0.3, -0.25) is 0 Å². The molecule has 0 aliphatic rings. The average molecular weight is 268 g/mol. The van der Waals surface area contributed by atoms with Gasteiger partial charge in [-0.1, -0.05) is 30.1 Å². The van der Waals surface area contributed by atoms with Gasteiger partial charge in [0, 0.05) is 6.54 Å². The highest BCUT2D eigenvalue weighted by molar-refractivity contribution is 7.89. The third kappa shape index (κ3) is 2.84. The molecule has 0 saturated heterocycles. The molecule has 1 aromatic rings. The zero-order valence-corrected chi connectivity index (χ0v) is 10.7. The van der Waals surface area contributed by atoms with Crippen molar-refractivity contribution in [2.24, 2.45) is 0 Å². The van der Waals surface area contributed by atoms with E-state index in [-0.39, 0.29) is 9.92 Å². The summed E-state index contributed by atoms with van der Waals surface area (Å²) in [6.45, 7) is 3.72. The molecule has 0 bridgehead atoms. The van der Waals surface area contributed by atoms with Crippen LogP contribution in [0.25, 0.3) is 0 Å². The summed E-state index contributed by atoms with van der Waals surface area (Å²) in [5, 5.41) is 0.586. The second-order valence-corrected chi connectivity index (χ2v) is 5.58. The first kappa shape index (κ1) is 12.8. The van der Waals surface area contributed by atoms with E-state index >= 15 is 0 Å². The van der Waals surface area contributed by atoms with Crippen LogP contribution >= 0.6 is 23.2 Å². The van der Waals surface area contributed by atoms with Crippen LogP contribution in [0.2, 0.25) is 10.0 Å². The predicted molar refractivity (Wildman–Crippen MR) is 62.1 cm³/mol. The lowest BCUT2D eigenvalue weighted by atomic mass is 10.2. The van der Waals surface area contributed by atoms with Crippen LogP contribution in [0.5, 0.6) is 0 Å². The number of sulfonamides is 1. The molecular formula is C9H11Cl2NO2S. The molecule has 1 rings (SSSR count). The highest BCUT2D eigenvalue weighted by Crippen LogP contribution is 2.27. The van der Waals surface area contributed by atoms with Crippen molar-refractivity contribution in [2.75, 3.05) is 6.54 Å². The zero-order chi connectivity index (χ0) is 11.6. The van der Waals surface area contributed by atoms with Crippen LogP contribution in [0.4, 0.5) is 0 Å². The first-order chi connectivity index (χ1) is 6.88. The van der Waals surface area contributed by atoms with E-state index < -0.39 is 10.0 Å². The first-order valence-corrected chi connectivity index (χ1v) is 6.57. The van der Waals surface area contributed by atoms with Gasteiger partial charge in [0.2, 0.25) is 10.0 Å². The normalized spacial score (nSPS) is 11.7. The third-order valence-electron chi connectivity index (χ3n) is 1.84. The zero-order valence-electron chi connectivity index (χ0n) is 8.34. The third-order valence-corrected chi connectivity index (χ3v) is 4.25. The molecule has 0 spiro atoms. The molecule has 0 atom stereocenters.